The van der Waals surface area contributed by atoms with E-state index in [0.29, 0.717) is 18.0 Å². The van der Waals surface area contributed by atoms with E-state index in [-0.39, 0.29) is 11.7 Å². The lowest BCUT2D eigenvalue weighted by molar-refractivity contribution is -0.132. The van der Waals surface area contributed by atoms with E-state index in [1.807, 2.05) is 19.1 Å². The Hall–Kier alpha value is -1.75. The summed E-state index contributed by atoms with van der Waals surface area (Å²) in [6.45, 7) is 2.24. The molecule has 6 heteroatoms. The molecule has 19 heavy (non-hydrogen) atoms. The van der Waals surface area contributed by atoms with Crippen LogP contribution in [0.3, 0.4) is 0 Å². The quantitative estimate of drug-likeness (QED) is 0.376. The van der Waals surface area contributed by atoms with Crippen LogP contribution in [0.15, 0.2) is 29.4 Å². The second kappa shape index (κ2) is 6.99. The molecule has 1 atom stereocenters. The summed E-state index contributed by atoms with van der Waals surface area (Å²) in [6.07, 6.45) is 0.481. The predicted octanol–water partition coefficient (Wildman–Crippen LogP) is 2.07. The Labute approximate surface area is 117 Å². The summed E-state index contributed by atoms with van der Waals surface area (Å²) < 4.78 is 0. The van der Waals surface area contributed by atoms with Crippen molar-refractivity contribution in [2.45, 2.75) is 19.9 Å². The molecule has 0 bridgehead atoms. The van der Waals surface area contributed by atoms with Gasteiger partial charge in [-0.15, -0.1) is 0 Å². The SMILES string of the molecule is CCC(C(=O)N(C)Cc1cccc(Cl)c1)C(N)=NO. The zero-order chi connectivity index (χ0) is 14.4. The molecule has 0 saturated heterocycles. The van der Waals surface area contributed by atoms with Crippen molar-refractivity contribution < 1.29 is 10.0 Å². The monoisotopic (exact) mass is 283 g/mol. The third-order valence-corrected chi connectivity index (χ3v) is 3.10. The molecular formula is C13H18ClN3O2. The van der Waals surface area contributed by atoms with Gasteiger partial charge < -0.3 is 15.8 Å². The Morgan fingerprint density at radius 3 is 2.79 bits per heavy atom. The van der Waals surface area contributed by atoms with Gasteiger partial charge in [0.15, 0.2) is 5.84 Å². The van der Waals surface area contributed by atoms with Crippen LogP contribution in [0.1, 0.15) is 18.9 Å². The number of carbonyl (C=O) groups is 1. The average molecular weight is 284 g/mol. The number of halogens is 1. The van der Waals surface area contributed by atoms with E-state index < -0.39 is 5.92 Å². The van der Waals surface area contributed by atoms with Gasteiger partial charge in [-0.1, -0.05) is 35.8 Å². The molecule has 1 unspecified atom stereocenters. The minimum absolute atomic E-state index is 0.0644. The smallest absolute Gasteiger partial charge is 0.233 e. The summed E-state index contributed by atoms with van der Waals surface area (Å²) >= 11 is 5.89. The van der Waals surface area contributed by atoms with E-state index >= 15 is 0 Å². The van der Waals surface area contributed by atoms with Gasteiger partial charge in [-0.25, -0.2) is 0 Å². The van der Waals surface area contributed by atoms with E-state index in [9.17, 15) is 4.79 Å². The zero-order valence-electron chi connectivity index (χ0n) is 11.0. The van der Waals surface area contributed by atoms with Crippen LogP contribution in [-0.2, 0) is 11.3 Å². The van der Waals surface area contributed by atoms with E-state index in [0.717, 1.165) is 5.56 Å². The first-order valence-corrected chi connectivity index (χ1v) is 6.34. The second-order valence-electron chi connectivity index (χ2n) is 4.31. The summed E-state index contributed by atoms with van der Waals surface area (Å²) in [6, 6.07) is 7.30. The van der Waals surface area contributed by atoms with Crippen molar-refractivity contribution in [1.29, 1.82) is 0 Å². The third-order valence-electron chi connectivity index (χ3n) is 2.86. The number of carbonyl (C=O) groups excluding carboxylic acids is 1. The fourth-order valence-corrected chi connectivity index (χ4v) is 2.05. The number of nitrogens with zero attached hydrogens (tertiary/aromatic N) is 2. The van der Waals surface area contributed by atoms with Crippen molar-refractivity contribution in [1.82, 2.24) is 4.90 Å². The minimum Gasteiger partial charge on any atom is -0.409 e. The first-order chi connectivity index (χ1) is 8.99. The molecule has 0 aliphatic carbocycles. The van der Waals surface area contributed by atoms with Crippen LogP contribution in [0.2, 0.25) is 5.02 Å². The van der Waals surface area contributed by atoms with Gasteiger partial charge >= 0.3 is 0 Å². The first-order valence-electron chi connectivity index (χ1n) is 5.96. The maximum atomic E-state index is 12.2. The highest BCUT2D eigenvalue weighted by atomic mass is 35.5. The van der Waals surface area contributed by atoms with Gasteiger partial charge in [-0.05, 0) is 24.1 Å². The number of rotatable bonds is 5. The zero-order valence-corrected chi connectivity index (χ0v) is 11.8. The molecule has 0 radical (unpaired) electrons. The lowest BCUT2D eigenvalue weighted by Crippen LogP contribution is -2.39. The fourth-order valence-electron chi connectivity index (χ4n) is 1.83. The third kappa shape index (κ3) is 4.13. The summed E-state index contributed by atoms with van der Waals surface area (Å²) in [7, 11) is 1.68. The molecule has 1 rings (SSSR count). The molecule has 0 heterocycles. The number of nitrogens with two attached hydrogens (primary N) is 1. The number of amides is 1. The molecule has 0 aromatic heterocycles. The molecule has 1 amide bonds. The molecule has 0 aliphatic heterocycles. The summed E-state index contributed by atoms with van der Waals surface area (Å²) in [5.74, 6) is -0.850. The normalized spacial score (nSPS) is 13.1. The number of benzene rings is 1. The Kier molecular flexibility index (Phi) is 5.63. The van der Waals surface area contributed by atoms with E-state index in [4.69, 9.17) is 22.5 Å². The van der Waals surface area contributed by atoms with Crippen molar-refractivity contribution in [2.75, 3.05) is 7.05 Å². The first kappa shape index (κ1) is 15.3. The van der Waals surface area contributed by atoms with E-state index in [1.165, 1.54) is 4.90 Å². The Bertz CT molecular complexity index is 477. The average Bonchev–Trinajstić information content (AvgIpc) is 2.39. The van der Waals surface area contributed by atoms with Gasteiger partial charge in [0.25, 0.3) is 0 Å². The number of amidine groups is 1. The van der Waals surface area contributed by atoms with Crippen LogP contribution in [0.4, 0.5) is 0 Å². The molecule has 0 saturated carbocycles. The van der Waals surface area contributed by atoms with Gasteiger partial charge in [0, 0.05) is 18.6 Å². The maximum Gasteiger partial charge on any atom is 0.233 e. The van der Waals surface area contributed by atoms with Crippen molar-refractivity contribution in [3.05, 3.63) is 34.9 Å². The largest absolute Gasteiger partial charge is 0.409 e. The molecule has 0 spiro atoms. The molecule has 3 N–H and O–H groups in total. The number of oxime groups is 1. The highest BCUT2D eigenvalue weighted by Crippen LogP contribution is 2.14. The molecular weight excluding hydrogens is 266 g/mol. The molecule has 0 fully saturated rings. The highest BCUT2D eigenvalue weighted by molar-refractivity contribution is 6.30. The van der Waals surface area contributed by atoms with Crippen LogP contribution < -0.4 is 5.73 Å². The van der Waals surface area contributed by atoms with Gasteiger partial charge in [0.05, 0.1) is 5.92 Å². The minimum atomic E-state index is -0.603. The lowest BCUT2D eigenvalue weighted by Gasteiger charge is -2.22. The Balaban J connectivity index is 2.77. The van der Waals surface area contributed by atoms with Crippen molar-refractivity contribution in [3.8, 4) is 0 Å². The molecule has 1 aromatic carbocycles. The number of hydrogen-bond acceptors (Lipinski definition) is 3. The van der Waals surface area contributed by atoms with E-state index in [2.05, 4.69) is 5.16 Å². The maximum absolute atomic E-state index is 12.2. The predicted molar refractivity (Wildman–Crippen MR) is 75.1 cm³/mol. The van der Waals surface area contributed by atoms with Crippen molar-refractivity contribution in [3.63, 3.8) is 0 Å². The topological polar surface area (TPSA) is 78.9 Å². The highest BCUT2D eigenvalue weighted by Gasteiger charge is 2.24. The van der Waals surface area contributed by atoms with Gasteiger partial charge in [-0.2, -0.15) is 0 Å². The summed E-state index contributed by atoms with van der Waals surface area (Å²) in [5, 5.41) is 12.2. The molecule has 1 aromatic rings. The summed E-state index contributed by atoms with van der Waals surface area (Å²) in [5.41, 5.74) is 6.44. The van der Waals surface area contributed by atoms with Crippen LogP contribution in [-0.4, -0.2) is 28.9 Å². The summed E-state index contributed by atoms with van der Waals surface area (Å²) in [4.78, 5) is 13.7. The van der Waals surface area contributed by atoms with Gasteiger partial charge in [0.2, 0.25) is 5.91 Å². The number of hydrogen-bond donors (Lipinski definition) is 2. The van der Waals surface area contributed by atoms with E-state index in [1.54, 1.807) is 19.2 Å². The molecule has 104 valence electrons. The Morgan fingerprint density at radius 2 is 2.26 bits per heavy atom. The fraction of sp³-hybridized carbons (Fsp3) is 0.385. The van der Waals surface area contributed by atoms with Crippen LogP contribution in [0.25, 0.3) is 0 Å². The standard InChI is InChI=1S/C13H18ClN3O2/c1-3-11(12(15)16-19)13(18)17(2)8-9-5-4-6-10(14)7-9/h4-7,11,19H,3,8H2,1-2H3,(H2,15,16). The van der Waals surface area contributed by atoms with Gasteiger partial charge in [-0.3, -0.25) is 4.79 Å². The second-order valence-corrected chi connectivity index (χ2v) is 4.75. The van der Waals surface area contributed by atoms with Crippen LogP contribution in [0, 0.1) is 5.92 Å². The van der Waals surface area contributed by atoms with Crippen molar-refractivity contribution >= 4 is 23.3 Å². The Morgan fingerprint density at radius 1 is 1.58 bits per heavy atom. The van der Waals surface area contributed by atoms with Crippen LogP contribution >= 0.6 is 11.6 Å². The molecule has 5 nitrogen and oxygen atoms in total. The lowest BCUT2D eigenvalue weighted by atomic mass is 10.0. The molecule has 0 aliphatic rings. The van der Waals surface area contributed by atoms with Gasteiger partial charge in [0.1, 0.15) is 0 Å². The van der Waals surface area contributed by atoms with Crippen molar-refractivity contribution in [2.24, 2.45) is 16.8 Å². The van der Waals surface area contributed by atoms with Crippen LogP contribution in [0.5, 0.6) is 0 Å².